The fourth-order valence-electron chi connectivity index (χ4n) is 3.09. The Kier molecular flexibility index (Phi) is 4.33. The van der Waals surface area contributed by atoms with Gasteiger partial charge in [-0.25, -0.2) is 0 Å². The highest BCUT2D eigenvalue weighted by Crippen LogP contribution is 2.24. The third-order valence-corrected chi connectivity index (χ3v) is 4.51. The summed E-state index contributed by atoms with van der Waals surface area (Å²) < 4.78 is 7.37. The number of anilines is 1. The van der Waals surface area contributed by atoms with E-state index in [4.69, 9.17) is 4.74 Å². The summed E-state index contributed by atoms with van der Waals surface area (Å²) in [7, 11) is 1.64. The van der Waals surface area contributed by atoms with Gasteiger partial charge in [0.25, 0.3) is 0 Å². The van der Waals surface area contributed by atoms with E-state index in [0.717, 1.165) is 47.3 Å². The molecule has 0 bridgehead atoms. The van der Waals surface area contributed by atoms with Crippen LogP contribution in [0.25, 0.3) is 11.4 Å². The van der Waals surface area contributed by atoms with E-state index in [0.29, 0.717) is 6.54 Å². The molecule has 0 fully saturated rings. The van der Waals surface area contributed by atoms with Gasteiger partial charge in [-0.15, -0.1) is 10.2 Å². The number of hydrogen-bond acceptors (Lipinski definition) is 5. The van der Waals surface area contributed by atoms with Crippen LogP contribution in [0.4, 0.5) is 5.69 Å². The maximum absolute atomic E-state index is 5.12. The first kappa shape index (κ1) is 15.6. The zero-order chi connectivity index (χ0) is 17.1. The molecule has 0 saturated heterocycles. The van der Waals surface area contributed by atoms with Gasteiger partial charge in [0.2, 0.25) is 0 Å². The molecule has 3 heterocycles. The van der Waals surface area contributed by atoms with E-state index in [-0.39, 0.29) is 0 Å². The number of nitrogens with one attached hydrogen (secondary N) is 1. The Hall–Kier alpha value is -2.89. The minimum Gasteiger partial charge on any atom is -0.495 e. The van der Waals surface area contributed by atoms with Crippen LogP contribution in [0.1, 0.15) is 24.4 Å². The number of rotatable bonds is 5. The summed E-state index contributed by atoms with van der Waals surface area (Å²) in [6.07, 6.45) is 5.17. The van der Waals surface area contributed by atoms with Crippen molar-refractivity contribution in [3.8, 4) is 17.1 Å². The molecule has 0 spiro atoms. The Morgan fingerprint density at radius 3 is 2.72 bits per heavy atom. The normalized spacial score (nSPS) is 13.3. The first-order valence-corrected chi connectivity index (χ1v) is 8.59. The number of aromatic nitrogens is 4. The summed E-state index contributed by atoms with van der Waals surface area (Å²) in [5.41, 5.74) is 3.13. The zero-order valence-electron chi connectivity index (χ0n) is 14.3. The molecule has 6 heteroatoms. The van der Waals surface area contributed by atoms with Gasteiger partial charge in [0.05, 0.1) is 25.5 Å². The second-order valence-electron chi connectivity index (χ2n) is 6.17. The molecule has 1 aliphatic heterocycles. The van der Waals surface area contributed by atoms with Crippen molar-refractivity contribution < 1.29 is 4.74 Å². The number of aryl methyl sites for hydroxylation is 1. The highest BCUT2D eigenvalue weighted by atomic mass is 16.5. The molecule has 0 saturated carbocycles. The molecule has 0 radical (unpaired) electrons. The fraction of sp³-hybridized carbons (Fsp3) is 0.316. The number of nitrogens with zero attached hydrogens (tertiary/aromatic N) is 4. The molecule has 128 valence electrons. The number of hydrogen-bond donors (Lipinski definition) is 1. The van der Waals surface area contributed by atoms with Crippen molar-refractivity contribution in [1.82, 2.24) is 19.7 Å². The van der Waals surface area contributed by atoms with E-state index < -0.39 is 0 Å². The van der Waals surface area contributed by atoms with Crippen molar-refractivity contribution in [1.29, 1.82) is 0 Å². The molecule has 0 amide bonds. The summed E-state index contributed by atoms with van der Waals surface area (Å²) >= 11 is 0. The molecular weight excluding hydrogens is 314 g/mol. The third-order valence-electron chi connectivity index (χ3n) is 4.51. The van der Waals surface area contributed by atoms with E-state index in [1.165, 1.54) is 12.8 Å². The lowest BCUT2D eigenvalue weighted by Gasteiger charge is -2.15. The first-order chi connectivity index (χ1) is 12.3. The Balaban J connectivity index is 1.44. The summed E-state index contributed by atoms with van der Waals surface area (Å²) in [5, 5.41) is 12.1. The average Bonchev–Trinajstić information content (AvgIpc) is 3.11. The molecule has 2 aromatic heterocycles. The Bertz CT molecular complexity index is 839. The third kappa shape index (κ3) is 3.33. The molecule has 25 heavy (non-hydrogen) atoms. The molecular formula is C19H21N5O. The topological polar surface area (TPSA) is 64.9 Å². The summed E-state index contributed by atoms with van der Waals surface area (Å²) in [6.45, 7) is 1.68. The van der Waals surface area contributed by atoms with Crippen molar-refractivity contribution in [3.05, 3.63) is 54.1 Å². The van der Waals surface area contributed by atoms with Gasteiger partial charge in [0.15, 0.2) is 5.82 Å². The smallest absolute Gasteiger partial charge is 0.163 e. The van der Waals surface area contributed by atoms with Gasteiger partial charge in [-0.1, -0.05) is 0 Å². The van der Waals surface area contributed by atoms with Crippen LogP contribution in [0, 0.1) is 0 Å². The van der Waals surface area contributed by atoms with E-state index in [1.807, 2.05) is 12.1 Å². The van der Waals surface area contributed by atoms with E-state index >= 15 is 0 Å². The standard InChI is InChI=1S/C19H21N5O/c1-25-17-10-9-16(21-13-17)12-20-15-7-5-14(6-8-15)19-23-22-18-4-2-3-11-24(18)19/h5-10,13,20H,2-4,11-12H2,1H3. The first-order valence-electron chi connectivity index (χ1n) is 8.59. The summed E-state index contributed by atoms with van der Waals surface area (Å²) in [4.78, 5) is 4.36. The number of benzene rings is 1. The van der Waals surface area contributed by atoms with Crippen LogP contribution < -0.4 is 10.1 Å². The minimum absolute atomic E-state index is 0.670. The molecule has 6 nitrogen and oxygen atoms in total. The molecule has 0 unspecified atom stereocenters. The summed E-state index contributed by atoms with van der Waals surface area (Å²) in [6, 6.07) is 12.2. The van der Waals surface area contributed by atoms with Crippen LogP contribution >= 0.6 is 0 Å². The van der Waals surface area contributed by atoms with Crippen molar-refractivity contribution in [2.24, 2.45) is 0 Å². The number of fused-ring (bicyclic) bond motifs is 1. The maximum atomic E-state index is 5.12. The largest absolute Gasteiger partial charge is 0.495 e. The SMILES string of the molecule is COc1ccc(CNc2ccc(-c3nnc4n3CCCC4)cc2)nc1. The fourth-order valence-corrected chi connectivity index (χ4v) is 3.09. The summed E-state index contributed by atoms with van der Waals surface area (Å²) in [5.74, 6) is 2.84. The van der Waals surface area contributed by atoms with Gasteiger partial charge in [0.1, 0.15) is 11.6 Å². The van der Waals surface area contributed by atoms with Crippen molar-refractivity contribution >= 4 is 5.69 Å². The molecule has 1 aromatic carbocycles. The van der Waals surface area contributed by atoms with Gasteiger partial charge in [-0.2, -0.15) is 0 Å². The van der Waals surface area contributed by atoms with Crippen LogP contribution in [0.3, 0.4) is 0 Å². The van der Waals surface area contributed by atoms with Gasteiger partial charge >= 0.3 is 0 Å². The molecule has 0 atom stereocenters. The predicted molar refractivity (Wildman–Crippen MR) is 96.5 cm³/mol. The highest BCUT2D eigenvalue weighted by molar-refractivity contribution is 5.60. The number of ether oxygens (including phenoxy) is 1. The van der Waals surface area contributed by atoms with Crippen LogP contribution in [0.5, 0.6) is 5.75 Å². The Labute approximate surface area is 146 Å². The van der Waals surface area contributed by atoms with Crippen LogP contribution in [0.15, 0.2) is 42.6 Å². The monoisotopic (exact) mass is 335 g/mol. The molecule has 0 aliphatic carbocycles. The second kappa shape index (κ2) is 6.93. The molecule has 1 aliphatic rings. The number of methoxy groups -OCH3 is 1. The molecule has 1 N–H and O–H groups in total. The quantitative estimate of drug-likeness (QED) is 0.775. The van der Waals surface area contributed by atoms with Crippen molar-refractivity contribution in [2.75, 3.05) is 12.4 Å². The Morgan fingerprint density at radius 1 is 1.08 bits per heavy atom. The van der Waals surface area contributed by atoms with Crippen LogP contribution in [-0.4, -0.2) is 26.9 Å². The lowest BCUT2D eigenvalue weighted by atomic mass is 10.1. The lowest BCUT2D eigenvalue weighted by molar-refractivity contribution is 0.412. The average molecular weight is 335 g/mol. The van der Waals surface area contributed by atoms with Crippen molar-refractivity contribution in [2.45, 2.75) is 32.4 Å². The van der Waals surface area contributed by atoms with E-state index in [1.54, 1.807) is 13.3 Å². The molecule has 3 aromatic rings. The van der Waals surface area contributed by atoms with Crippen LogP contribution in [0.2, 0.25) is 0 Å². The van der Waals surface area contributed by atoms with E-state index in [2.05, 4.69) is 49.3 Å². The van der Waals surface area contributed by atoms with Gasteiger partial charge in [0, 0.05) is 24.2 Å². The number of pyridine rings is 1. The maximum Gasteiger partial charge on any atom is 0.163 e. The lowest BCUT2D eigenvalue weighted by Crippen LogP contribution is -2.11. The van der Waals surface area contributed by atoms with E-state index in [9.17, 15) is 0 Å². The highest BCUT2D eigenvalue weighted by Gasteiger charge is 2.16. The van der Waals surface area contributed by atoms with Crippen LogP contribution in [-0.2, 0) is 19.5 Å². The Morgan fingerprint density at radius 2 is 1.96 bits per heavy atom. The molecule has 4 rings (SSSR count). The predicted octanol–water partition coefficient (Wildman–Crippen LogP) is 3.30. The minimum atomic E-state index is 0.670. The zero-order valence-corrected chi connectivity index (χ0v) is 14.3. The van der Waals surface area contributed by atoms with Gasteiger partial charge in [-0.05, 0) is 49.2 Å². The van der Waals surface area contributed by atoms with Gasteiger partial charge < -0.3 is 14.6 Å². The second-order valence-corrected chi connectivity index (χ2v) is 6.17. The van der Waals surface area contributed by atoms with Crippen molar-refractivity contribution in [3.63, 3.8) is 0 Å². The van der Waals surface area contributed by atoms with Gasteiger partial charge in [-0.3, -0.25) is 4.98 Å².